The van der Waals surface area contributed by atoms with Gasteiger partial charge in [-0.25, -0.2) is 5.43 Å². The standard InChI is InChI=1S/C27H26N4O2/c1-19(2)22-14-12-20(13-15-22)17-28-31-27(32)25-16-24(29-30-25)23-10-6-7-11-26(23)33-18-21-8-4-3-5-9-21/h3-17,19H,18H2,1-2H3,(H,29,30)(H,31,32)/b28-17-. The van der Waals surface area contributed by atoms with Crippen LogP contribution in [0.25, 0.3) is 11.3 Å². The number of amides is 1. The monoisotopic (exact) mass is 438 g/mol. The fourth-order valence-electron chi connectivity index (χ4n) is 3.31. The van der Waals surface area contributed by atoms with Crippen LogP contribution in [0.5, 0.6) is 5.75 Å². The molecule has 0 saturated carbocycles. The summed E-state index contributed by atoms with van der Waals surface area (Å²) >= 11 is 0. The van der Waals surface area contributed by atoms with E-state index in [-0.39, 0.29) is 5.91 Å². The smallest absolute Gasteiger partial charge is 0.289 e. The number of benzene rings is 3. The van der Waals surface area contributed by atoms with E-state index in [1.807, 2.05) is 66.7 Å². The molecule has 0 atom stereocenters. The van der Waals surface area contributed by atoms with E-state index >= 15 is 0 Å². The third-order valence-electron chi connectivity index (χ3n) is 5.21. The van der Waals surface area contributed by atoms with E-state index in [1.165, 1.54) is 5.56 Å². The van der Waals surface area contributed by atoms with Crippen LogP contribution in [0.1, 0.15) is 46.9 Å². The van der Waals surface area contributed by atoms with E-state index in [2.05, 4.69) is 46.7 Å². The first-order valence-electron chi connectivity index (χ1n) is 10.8. The highest BCUT2D eigenvalue weighted by Gasteiger charge is 2.14. The molecule has 166 valence electrons. The maximum Gasteiger partial charge on any atom is 0.289 e. The Kier molecular flexibility index (Phi) is 6.95. The van der Waals surface area contributed by atoms with Crippen molar-refractivity contribution >= 4 is 12.1 Å². The first-order chi connectivity index (χ1) is 16.1. The number of para-hydroxylation sites is 1. The minimum Gasteiger partial charge on any atom is -0.488 e. The molecule has 0 bridgehead atoms. The van der Waals surface area contributed by atoms with Crippen molar-refractivity contribution < 1.29 is 9.53 Å². The van der Waals surface area contributed by atoms with Gasteiger partial charge in [0.25, 0.3) is 5.91 Å². The Morgan fingerprint density at radius 2 is 1.76 bits per heavy atom. The lowest BCUT2D eigenvalue weighted by Gasteiger charge is -2.10. The Morgan fingerprint density at radius 3 is 2.52 bits per heavy atom. The second-order valence-corrected chi connectivity index (χ2v) is 7.96. The SMILES string of the molecule is CC(C)c1ccc(/C=N\NC(=O)c2cc(-c3ccccc3OCc3ccccc3)n[nH]2)cc1. The summed E-state index contributed by atoms with van der Waals surface area (Å²) in [7, 11) is 0. The molecular weight excluding hydrogens is 412 g/mol. The highest BCUT2D eigenvalue weighted by atomic mass is 16.5. The van der Waals surface area contributed by atoms with Crippen LogP contribution in [0.15, 0.2) is 90.0 Å². The molecule has 1 amide bonds. The van der Waals surface area contributed by atoms with Crippen LogP contribution in [-0.4, -0.2) is 22.3 Å². The number of carbonyl (C=O) groups excluding carboxylic acids is 1. The fraction of sp³-hybridized carbons (Fsp3) is 0.148. The minimum atomic E-state index is -0.369. The zero-order valence-electron chi connectivity index (χ0n) is 18.7. The number of hydrazone groups is 1. The van der Waals surface area contributed by atoms with Crippen LogP contribution < -0.4 is 10.2 Å². The summed E-state index contributed by atoms with van der Waals surface area (Å²) in [5.41, 5.74) is 7.52. The summed E-state index contributed by atoms with van der Waals surface area (Å²) in [5, 5.41) is 11.1. The first kappa shape index (κ1) is 22.0. The number of aromatic nitrogens is 2. The van der Waals surface area contributed by atoms with E-state index in [0.717, 1.165) is 16.7 Å². The average Bonchev–Trinajstić information content (AvgIpc) is 3.34. The van der Waals surface area contributed by atoms with Crippen molar-refractivity contribution in [2.24, 2.45) is 5.10 Å². The third kappa shape index (κ3) is 5.74. The maximum absolute atomic E-state index is 12.5. The summed E-state index contributed by atoms with van der Waals surface area (Å²) in [6, 6.07) is 27.3. The summed E-state index contributed by atoms with van der Waals surface area (Å²) < 4.78 is 6.01. The second-order valence-electron chi connectivity index (χ2n) is 7.96. The zero-order chi connectivity index (χ0) is 23.0. The zero-order valence-corrected chi connectivity index (χ0v) is 18.7. The van der Waals surface area contributed by atoms with Gasteiger partial charge in [0.1, 0.15) is 18.1 Å². The van der Waals surface area contributed by atoms with Gasteiger partial charge < -0.3 is 4.74 Å². The van der Waals surface area contributed by atoms with Gasteiger partial charge >= 0.3 is 0 Å². The van der Waals surface area contributed by atoms with Crippen LogP contribution in [0.2, 0.25) is 0 Å². The van der Waals surface area contributed by atoms with E-state index in [0.29, 0.717) is 29.7 Å². The number of carbonyl (C=O) groups is 1. The van der Waals surface area contributed by atoms with Crippen LogP contribution in [0.4, 0.5) is 0 Å². The molecule has 33 heavy (non-hydrogen) atoms. The van der Waals surface area contributed by atoms with Crippen molar-refractivity contribution in [2.75, 3.05) is 0 Å². The van der Waals surface area contributed by atoms with Crippen molar-refractivity contribution in [1.82, 2.24) is 15.6 Å². The Morgan fingerprint density at radius 1 is 1.03 bits per heavy atom. The van der Waals surface area contributed by atoms with Gasteiger partial charge in [0.15, 0.2) is 0 Å². The van der Waals surface area contributed by atoms with Crippen molar-refractivity contribution in [3.8, 4) is 17.0 Å². The van der Waals surface area contributed by atoms with Crippen LogP contribution in [0, 0.1) is 0 Å². The van der Waals surface area contributed by atoms with Gasteiger partial charge in [-0.15, -0.1) is 0 Å². The van der Waals surface area contributed by atoms with Crippen molar-refractivity contribution in [3.63, 3.8) is 0 Å². The molecule has 0 spiro atoms. The number of aromatic amines is 1. The minimum absolute atomic E-state index is 0.315. The lowest BCUT2D eigenvalue weighted by Crippen LogP contribution is -2.18. The summed E-state index contributed by atoms with van der Waals surface area (Å²) in [5.74, 6) is 0.799. The molecule has 2 N–H and O–H groups in total. The van der Waals surface area contributed by atoms with Crippen molar-refractivity contribution in [3.05, 3.63) is 107 Å². The topological polar surface area (TPSA) is 79.4 Å². The van der Waals surface area contributed by atoms with E-state index in [4.69, 9.17) is 4.74 Å². The molecule has 4 rings (SSSR count). The fourth-order valence-corrected chi connectivity index (χ4v) is 3.31. The highest BCUT2D eigenvalue weighted by Crippen LogP contribution is 2.29. The Balaban J connectivity index is 1.41. The van der Waals surface area contributed by atoms with Crippen LogP contribution in [0.3, 0.4) is 0 Å². The Bertz CT molecular complexity index is 1230. The molecule has 0 saturated heterocycles. The number of hydrogen-bond donors (Lipinski definition) is 2. The first-order valence-corrected chi connectivity index (χ1v) is 10.8. The third-order valence-corrected chi connectivity index (χ3v) is 5.21. The molecule has 1 aromatic heterocycles. The van der Waals surface area contributed by atoms with Crippen molar-refractivity contribution in [1.29, 1.82) is 0 Å². The molecular formula is C27H26N4O2. The molecule has 0 aliphatic rings. The summed E-state index contributed by atoms with van der Waals surface area (Å²) in [6.45, 7) is 4.74. The molecule has 6 heteroatoms. The number of rotatable bonds is 8. The van der Waals surface area contributed by atoms with Crippen molar-refractivity contribution in [2.45, 2.75) is 26.4 Å². The largest absolute Gasteiger partial charge is 0.488 e. The van der Waals surface area contributed by atoms with Crippen LogP contribution in [-0.2, 0) is 6.61 Å². The molecule has 0 aliphatic carbocycles. The van der Waals surface area contributed by atoms with E-state index < -0.39 is 0 Å². The summed E-state index contributed by atoms with van der Waals surface area (Å²) in [6.07, 6.45) is 1.62. The molecule has 6 nitrogen and oxygen atoms in total. The average molecular weight is 439 g/mol. The molecule has 1 heterocycles. The number of H-pyrrole nitrogens is 1. The van der Waals surface area contributed by atoms with Gasteiger partial charge in [0.05, 0.1) is 11.9 Å². The van der Waals surface area contributed by atoms with Gasteiger partial charge in [0, 0.05) is 5.56 Å². The second kappa shape index (κ2) is 10.4. The van der Waals surface area contributed by atoms with Gasteiger partial charge in [-0.1, -0.05) is 80.6 Å². The molecule has 0 unspecified atom stereocenters. The summed E-state index contributed by atoms with van der Waals surface area (Å²) in [4.78, 5) is 12.5. The van der Waals surface area contributed by atoms with E-state index in [9.17, 15) is 4.79 Å². The predicted octanol–water partition coefficient (Wildman–Crippen LogP) is 5.54. The van der Waals surface area contributed by atoms with E-state index in [1.54, 1.807) is 12.3 Å². The lowest BCUT2D eigenvalue weighted by atomic mass is 10.0. The normalized spacial score (nSPS) is 11.1. The van der Waals surface area contributed by atoms with Gasteiger partial charge in [0.2, 0.25) is 0 Å². The predicted molar refractivity (Wildman–Crippen MR) is 130 cm³/mol. The van der Waals surface area contributed by atoms with Crippen LogP contribution >= 0.6 is 0 Å². The van der Waals surface area contributed by atoms with Gasteiger partial charge in [-0.3, -0.25) is 9.89 Å². The number of nitrogens with zero attached hydrogens (tertiary/aromatic N) is 2. The Hall–Kier alpha value is -4.19. The molecule has 4 aromatic rings. The quantitative estimate of drug-likeness (QED) is 0.280. The number of hydrogen-bond acceptors (Lipinski definition) is 4. The lowest BCUT2D eigenvalue weighted by molar-refractivity contribution is 0.0950. The van der Waals surface area contributed by atoms with Gasteiger partial charge in [-0.2, -0.15) is 10.2 Å². The molecule has 0 radical (unpaired) electrons. The molecule has 0 aliphatic heterocycles. The molecule has 0 fully saturated rings. The number of nitrogens with one attached hydrogen (secondary N) is 2. The molecule has 3 aromatic carbocycles. The number of ether oxygens (including phenoxy) is 1. The highest BCUT2D eigenvalue weighted by molar-refractivity contribution is 5.94. The van der Waals surface area contributed by atoms with Gasteiger partial charge in [-0.05, 0) is 40.8 Å². The maximum atomic E-state index is 12.5. The Labute approximate surface area is 193 Å².